The van der Waals surface area contributed by atoms with Gasteiger partial charge < -0.3 is 15.4 Å². The molecule has 34 heavy (non-hydrogen) atoms. The summed E-state index contributed by atoms with van der Waals surface area (Å²) in [6.45, 7) is 0. The highest BCUT2D eigenvalue weighted by Gasteiger charge is 2.47. The SMILES string of the molecule is O=C(O)[C@H]1[C@H]2CC[C@H](CC2)[C@@H]1Nc1nc(-c2c[nH]c3ncc(F)cc23)nn2c(C(F)F)ccc12. The van der Waals surface area contributed by atoms with E-state index in [9.17, 15) is 23.1 Å². The second-order valence-electron chi connectivity index (χ2n) is 9.10. The number of aliphatic carboxylic acids is 1. The van der Waals surface area contributed by atoms with E-state index in [1.165, 1.54) is 18.2 Å². The van der Waals surface area contributed by atoms with Gasteiger partial charge >= 0.3 is 5.97 Å². The summed E-state index contributed by atoms with van der Waals surface area (Å²) in [6, 6.07) is 3.69. The minimum absolute atomic E-state index is 0.0726. The highest BCUT2D eigenvalue weighted by molar-refractivity contribution is 5.92. The number of fused-ring (bicyclic) bond motifs is 5. The van der Waals surface area contributed by atoms with Crippen LogP contribution in [0.4, 0.5) is 19.0 Å². The van der Waals surface area contributed by atoms with Crippen LogP contribution in [0.15, 0.2) is 30.6 Å². The fraction of sp³-hybridized carbons (Fsp3) is 0.391. The van der Waals surface area contributed by atoms with E-state index in [-0.39, 0.29) is 35.2 Å². The molecule has 0 spiro atoms. The van der Waals surface area contributed by atoms with Crippen LogP contribution >= 0.6 is 0 Å². The number of nitrogens with one attached hydrogen (secondary N) is 2. The Kier molecular flexibility index (Phi) is 4.75. The van der Waals surface area contributed by atoms with Crippen molar-refractivity contribution in [2.45, 2.75) is 38.2 Å². The van der Waals surface area contributed by atoms with Gasteiger partial charge in [0.25, 0.3) is 6.43 Å². The molecular formula is C23H21F3N6O2. The number of carbonyl (C=O) groups is 1. The maximum absolute atomic E-state index is 13.9. The van der Waals surface area contributed by atoms with Crippen molar-refractivity contribution in [1.82, 2.24) is 24.6 Å². The molecule has 3 N–H and O–H groups in total. The van der Waals surface area contributed by atoms with Crippen LogP contribution in [0.1, 0.15) is 37.8 Å². The number of anilines is 1. The van der Waals surface area contributed by atoms with Gasteiger partial charge in [-0.25, -0.2) is 27.7 Å². The van der Waals surface area contributed by atoms with E-state index in [1.807, 2.05) is 0 Å². The van der Waals surface area contributed by atoms with Crippen molar-refractivity contribution >= 4 is 28.3 Å². The monoisotopic (exact) mass is 470 g/mol. The molecule has 2 atom stereocenters. The first-order valence-electron chi connectivity index (χ1n) is 11.2. The molecule has 3 aliphatic rings. The number of carboxylic acid groups (broad SMARTS) is 1. The molecule has 0 unspecified atom stereocenters. The van der Waals surface area contributed by atoms with Crippen molar-refractivity contribution in [2.75, 3.05) is 5.32 Å². The van der Waals surface area contributed by atoms with Gasteiger partial charge in [0.1, 0.15) is 22.7 Å². The third kappa shape index (κ3) is 3.21. The van der Waals surface area contributed by atoms with Gasteiger partial charge in [-0.3, -0.25) is 4.79 Å². The Hall–Kier alpha value is -3.63. The van der Waals surface area contributed by atoms with Crippen molar-refractivity contribution in [3.8, 4) is 11.4 Å². The molecule has 3 saturated carbocycles. The average Bonchev–Trinajstić information content (AvgIpc) is 3.43. The number of aromatic nitrogens is 5. The van der Waals surface area contributed by atoms with Gasteiger partial charge in [-0.1, -0.05) is 0 Å². The van der Waals surface area contributed by atoms with E-state index >= 15 is 0 Å². The lowest BCUT2D eigenvalue weighted by Crippen LogP contribution is -2.51. The molecule has 3 fully saturated rings. The van der Waals surface area contributed by atoms with E-state index in [4.69, 9.17) is 0 Å². The number of hydrogen-bond donors (Lipinski definition) is 3. The Morgan fingerprint density at radius 1 is 1.21 bits per heavy atom. The predicted molar refractivity (Wildman–Crippen MR) is 117 cm³/mol. The largest absolute Gasteiger partial charge is 0.481 e. The van der Waals surface area contributed by atoms with Crippen LogP contribution in [0.5, 0.6) is 0 Å². The van der Waals surface area contributed by atoms with E-state index < -0.39 is 24.1 Å². The molecular weight excluding hydrogens is 449 g/mol. The van der Waals surface area contributed by atoms with Crippen LogP contribution in [-0.2, 0) is 4.79 Å². The third-order valence-electron chi connectivity index (χ3n) is 7.31. The number of hydrogen-bond acceptors (Lipinski definition) is 5. The third-order valence-corrected chi connectivity index (χ3v) is 7.31. The quantitative estimate of drug-likeness (QED) is 0.392. The Morgan fingerprint density at radius 3 is 2.71 bits per heavy atom. The predicted octanol–water partition coefficient (Wildman–Crippen LogP) is 4.65. The van der Waals surface area contributed by atoms with Crippen molar-refractivity contribution < 1.29 is 23.1 Å². The van der Waals surface area contributed by atoms with Gasteiger partial charge in [-0.15, -0.1) is 5.10 Å². The van der Waals surface area contributed by atoms with Crippen molar-refractivity contribution in [3.63, 3.8) is 0 Å². The van der Waals surface area contributed by atoms with Crippen molar-refractivity contribution in [2.24, 2.45) is 17.8 Å². The number of halogens is 3. The summed E-state index contributed by atoms with van der Waals surface area (Å²) in [4.78, 5) is 23.7. The molecule has 0 amide bonds. The molecule has 7 rings (SSSR count). The first kappa shape index (κ1) is 20.9. The zero-order valence-corrected chi connectivity index (χ0v) is 17.9. The molecule has 3 aliphatic carbocycles. The van der Waals surface area contributed by atoms with Gasteiger partial charge in [0.2, 0.25) is 0 Å². The van der Waals surface area contributed by atoms with Gasteiger partial charge in [0, 0.05) is 23.2 Å². The summed E-state index contributed by atoms with van der Waals surface area (Å²) in [7, 11) is 0. The summed E-state index contributed by atoms with van der Waals surface area (Å²) >= 11 is 0. The second-order valence-corrected chi connectivity index (χ2v) is 9.10. The summed E-state index contributed by atoms with van der Waals surface area (Å²) < 4.78 is 42.5. The lowest BCUT2D eigenvalue weighted by molar-refractivity contribution is -0.148. The van der Waals surface area contributed by atoms with E-state index in [1.54, 1.807) is 6.20 Å². The number of alkyl halides is 2. The van der Waals surface area contributed by atoms with Crippen LogP contribution in [-0.4, -0.2) is 41.7 Å². The highest BCUT2D eigenvalue weighted by atomic mass is 19.3. The molecule has 0 radical (unpaired) electrons. The molecule has 0 aromatic carbocycles. The summed E-state index contributed by atoms with van der Waals surface area (Å²) in [5.74, 6) is -1.40. The Bertz CT molecular complexity index is 1410. The molecule has 8 nitrogen and oxygen atoms in total. The lowest BCUT2D eigenvalue weighted by atomic mass is 9.61. The van der Waals surface area contributed by atoms with Crippen LogP contribution in [0, 0.1) is 23.6 Å². The first-order valence-corrected chi connectivity index (χ1v) is 11.2. The molecule has 0 aliphatic heterocycles. The van der Waals surface area contributed by atoms with Crippen LogP contribution in [0.25, 0.3) is 27.9 Å². The smallest absolute Gasteiger partial charge is 0.308 e. The number of carboxylic acids is 1. The normalized spacial score (nSPS) is 24.4. The zero-order chi connectivity index (χ0) is 23.6. The van der Waals surface area contributed by atoms with Crippen LogP contribution in [0.2, 0.25) is 0 Å². The molecule has 4 aromatic heterocycles. The molecule has 0 saturated heterocycles. The first-order chi connectivity index (χ1) is 16.4. The molecule has 2 bridgehead atoms. The summed E-state index contributed by atoms with van der Waals surface area (Å²) in [6.07, 6.45) is 3.42. The zero-order valence-electron chi connectivity index (χ0n) is 17.9. The standard InChI is InChI=1S/C23H21F3N6O2/c24-12-7-13-14(9-28-20(13)27-8-12)21-30-22(16-6-5-15(19(25)26)32(16)31-21)29-18-11-3-1-10(2-4-11)17(18)23(33)34/h5-11,17-19H,1-4H2,(H,27,28)(H,33,34)(H,29,30,31)/t10-,11+,17-,18-/m0/s1. The van der Waals surface area contributed by atoms with Gasteiger partial charge in [0.15, 0.2) is 11.6 Å². The fourth-order valence-electron chi connectivity index (χ4n) is 5.73. The maximum Gasteiger partial charge on any atom is 0.308 e. The Balaban J connectivity index is 1.51. The maximum atomic E-state index is 13.9. The van der Waals surface area contributed by atoms with Gasteiger partial charge in [0.05, 0.1) is 12.1 Å². The van der Waals surface area contributed by atoms with Gasteiger partial charge in [-0.2, -0.15) is 0 Å². The second kappa shape index (κ2) is 7.71. The molecule has 176 valence electrons. The number of pyridine rings is 1. The number of nitrogens with zero attached hydrogens (tertiary/aromatic N) is 4. The minimum Gasteiger partial charge on any atom is -0.481 e. The topological polar surface area (TPSA) is 108 Å². The van der Waals surface area contributed by atoms with E-state index in [2.05, 4.69) is 25.4 Å². The van der Waals surface area contributed by atoms with Crippen LogP contribution < -0.4 is 5.32 Å². The molecule has 4 aromatic rings. The summed E-state index contributed by atoms with van der Waals surface area (Å²) in [5.41, 5.74) is 0.826. The van der Waals surface area contributed by atoms with Crippen molar-refractivity contribution in [3.05, 3.63) is 42.1 Å². The van der Waals surface area contributed by atoms with E-state index in [0.29, 0.717) is 22.1 Å². The summed E-state index contributed by atoms with van der Waals surface area (Å²) in [5, 5.41) is 18.0. The van der Waals surface area contributed by atoms with Crippen LogP contribution in [0.3, 0.4) is 0 Å². The van der Waals surface area contributed by atoms with Gasteiger partial charge in [-0.05, 0) is 55.7 Å². The minimum atomic E-state index is -2.78. The molecule has 4 heterocycles. The fourth-order valence-corrected chi connectivity index (χ4v) is 5.73. The highest BCUT2D eigenvalue weighted by Crippen LogP contribution is 2.46. The van der Waals surface area contributed by atoms with E-state index in [0.717, 1.165) is 36.4 Å². The molecule has 11 heteroatoms. The number of rotatable bonds is 5. The number of H-pyrrole nitrogens is 1. The van der Waals surface area contributed by atoms with Crippen molar-refractivity contribution in [1.29, 1.82) is 0 Å². The lowest BCUT2D eigenvalue weighted by Gasteiger charge is -2.47. The Morgan fingerprint density at radius 2 is 1.97 bits per heavy atom. The number of aromatic amines is 1. The Labute approximate surface area is 191 Å². The average molecular weight is 470 g/mol.